The van der Waals surface area contributed by atoms with Crippen LogP contribution in [0.5, 0.6) is 0 Å². The average molecular weight is 226 g/mol. The van der Waals surface area contributed by atoms with Crippen LogP contribution in [-0.4, -0.2) is 37.1 Å². The second-order valence-electron chi connectivity index (χ2n) is 5.76. The summed E-state index contributed by atoms with van der Waals surface area (Å²) in [7, 11) is 0. The first-order chi connectivity index (χ1) is 7.61. The van der Waals surface area contributed by atoms with Crippen molar-refractivity contribution >= 4 is 0 Å². The molecule has 0 radical (unpaired) electrons. The molecule has 2 unspecified atom stereocenters. The summed E-state index contributed by atoms with van der Waals surface area (Å²) >= 11 is 0. The van der Waals surface area contributed by atoms with E-state index in [1.54, 1.807) is 0 Å². The third-order valence-corrected chi connectivity index (χ3v) is 4.18. The molecule has 0 amide bonds. The number of hydrogen-bond donors (Lipinski definition) is 1. The Labute approximate surface area is 102 Å². The molecular formula is C14H30N2. The summed E-state index contributed by atoms with van der Waals surface area (Å²) in [4.78, 5) is 2.70. The zero-order chi connectivity index (χ0) is 12.0. The molecule has 1 N–H and O–H groups in total. The first kappa shape index (κ1) is 14.0. The molecule has 2 nitrogen and oxygen atoms in total. The fraction of sp³-hybridized carbons (Fsp3) is 1.00. The van der Waals surface area contributed by atoms with Gasteiger partial charge in [-0.05, 0) is 44.7 Å². The lowest BCUT2D eigenvalue weighted by atomic mass is 9.85. The monoisotopic (exact) mass is 226 g/mol. The van der Waals surface area contributed by atoms with Gasteiger partial charge in [0, 0.05) is 19.1 Å². The Morgan fingerprint density at radius 3 is 2.62 bits per heavy atom. The Morgan fingerprint density at radius 2 is 2.06 bits per heavy atom. The number of piperidine rings is 1. The standard InChI is InChI=1S/C14H30N2/c1-5-14(4,11-15-6-2)12-16-10-8-7-9-13(16)3/h13,15H,5-12H2,1-4H3. The van der Waals surface area contributed by atoms with Crippen LogP contribution in [0.2, 0.25) is 0 Å². The van der Waals surface area contributed by atoms with Crippen molar-refractivity contribution in [1.29, 1.82) is 0 Å². The van der Waals surface area contributed by atoms with Crippen LogP contribution in [0, 0.1) is 5.41 Å². The zero-order valence-electron chi connectivity index (χ0n) is 11.7. The van der Waals surface area contributed by atoms with Crippen LogP contribution < -0.4 is 5.32 Å². The maximum atomic E-state index is 3.52. The van der Waals surface area contributed by atoms with Gasteiger partial charge >= 0.3 is 0 Å². The normalized spacial score (nSPS) is 26.6. The van der Waals surface area contributed by atoms with E-state index < -0.39 is 0 Å². The first-order valence-electron chi connectivity index (χ1n) is 7.06. The molecule has 0 aromatic heterocycles. The van der Waals surface area contributed by atoms with Gasteiger partial charge in [-0.2, -0.15) is 0 Å². The molecule has 0 saturated carbocycles. The molecule has 0 aromatic rings. The van der Waals surface area contributed by atoms with Gasteiger partial charge < -0.3 is 10.2 Å². The van der Waals surface area contributed by atoms with E-state index in [4.69, 9.17) is 0 Å². The van der Waals surface area contributed by atoms with Crippen LogP contribution >= 0.6 is 0 Å². The van der Waals surface area contributed by atoms with Crippen LogP contribution in [0.4, 0.5) is 0 Å². The quantitative estimate of drug-likeness (QED) is 0.749. The van der Waals surface area contributed by atoms with Gasteiger partial charge in [-0.15, -0.1) is 0 Å². The summed E-state index contributed by atoms with van der Waals surface area (Å²) in [5.41, 5.74) is 0.446. The van der Waals surface area contributed by atoms with Gasteiger partial charge in [-0.25, -0.2) is 0 Å². The van der Waals surface area contributed by atoms with Crippen LogP contribution in [0.25, 0.3) is 0 Å². The molecule has 96 valence electrons. The van der Waals surface area contributed by atoms with Crippen molar-refractivity contribution < 1.29 is 0 Å². The smallest absolute Gasteiger partial charge is 0.00671 e. The van der Waals surface area contributed by atoms with Crippen molar-refractivity contribution in [2.75, 3.05) is 26.2 Å². The van der Waals surface area contributed by atoms with Crippen molar-refractivity contribution in [3.63, 3.8) is 0 Å². The van der Waals surface area contributed by atoms with E-state index in [2.05, 4.69) is 37.9 Å². The molecule has 1 heterocycles. The van der Waals surface area contributed by atoms with E-state index in [1.807, 2.05) is 0 Å². The highest BCUT2D eigenvalue weighted by molar-refractivity contribution is 4.83. The third-order valence-electron chi connectivity index (χ3n) is 4.18. The molecule has 1 saturated heterocycles. The van der Waals surface area contributed by atoms with Crippen molar-refractivity contribution in [3.8, 4) is 0 Å². The van der Waals surface area contributed by atoms with Crippen LogP contribution in [0.3, 0.4) is 0 Å². The Hall–Kier alpha value is -0.0800. The van der Waals surface area contributed by atoms with Crippen molar-refractivity contribution in [3.05, 3.63) is 0 Å². The highest BCUT2D eigenvalue weighted by Gasteiger charge is 2.28. The summed E-state index contributed by atoms with van der Waals surface area (Å²) in [5.74, 6) is 0. The zero-order valence-corrected chi connectivity index (χ0v) is 11.7. The number of likely N-dealkylation sites (tertiary alicyclic amines) is 1. The molecule has 16 heavy (non-hydrogen) atoms. The second-order valence-corrected chi connectivity index (χ2v) is 5.76. The summed E-state index contributed by atoms with van der Waals surface area (Å²) in [5, 5.41) is 3.52. The van der Waals surface area contributed by atoms with Gasteiger partial charge in [0.25, 0.3) is 0 Å². The lowest BCUT2D eigenvalue weighted by molar-refractivity contribution is 0.0934. The molecule has 1 fully saturated rings. The topological polar surface area (TPSA) is 15.3 Å². The lowest BCUT2D eigenvalue weighted by Crippen LogP contribution is -2.47. The molecule has 1 aliphatic rings. The van der Waals surface area contributed by atoms with Gasteiger partial charge in [0.05, 0.1) is 0 Å². The fourth-order valence-corrected chi connectivity index (χ4v) is 2.60. The molecule has 1 rings (SSSR count). The molecule has 0 bridgehead atoms. The van der Waals surface area contributed by atoms with E-state index in [-0.39, 0.29) is 0 Å². The Bertz CT molecular complexity index is 193. The van der Waals surface area contributed by atoms with Gasteiger partial charge in [0.2, 0.25) is 0 Å². The molecule has 0 aliphatic carbocycles. The van der Waals surface area contributed by atoms with Gasteiger partial charge in [0.1, 0.15) is 0 Å². The molecular weight excluding hydrogens is 196 g/mol. The van der Waals surface area contributed by atoms with Gasteiger partial charge in [-0.1, -0.05) is 27.2 Å². The average Bonchev–Trinajstić information content (AvgIpc) is 2.30. The highest BCUT2D eigenvalue weighted by atomic mass is 15.2. The van der Waals surface area contributed by atoms with Gasteiger partial charge in [0.15, 0.2) is 0 Å². The predicted octanol–water partition coefficient (Wildman–Crippen LogP) is 2.89. The minimum Gasteiger partial charge on any atom is -0.316 e. The second kappa shape index (κ2) is 6.61. The van der Waals surface area contributed by atoms with Crippen molar-refractivity contribution in [2.24, 2.45) is 5.41 Å². The predicted molar refractivity (Wildman–Crippen MR) is 71.8 cm³/mol. The summed E-state index contributed by atoms with van der Waals surface area (Å²) < 4.78 is 0. The van der Waals surface area contributed by atoms with Gasteiger partial charge in [-0.3, -0.25) is 0 Å². The number of nitrogens with one attached hydrogen (secondary N) is 1. The molecule has 2 heteroatoms. The molecule has 1 aliphatic heterocycles. The van der Waals surface area contributed by atoms with E-state index in [1.165, 1.54) is 38.8 Å². The van der Waals surface area contributed by atoms with E-state index in [9.17, 15) is 0 Å². The maximum Gasteiger partial charge on any atom is 0.00671 e. The fourth-order valence-electron chi connectivity index (χ4n) is 2.60. The summed E-state index contributed by atoms with van der Waals surface area (Å²) in [6.07, 6.45) is 5.48. The Balaban J connectivity index is 2.46. The number of rotatable bonds is 6. The number of nitrogens with zero attached hydrogens (tertiary/aromatic N) is 1. The van der Waals surface area contributed by atoms with E-state index in [0.717, 1.165) is 19.1 Å². The van der Waals surface area contributed by atoms with E-state index >= 15 is 0 Å². The SMILES string of the molecule is CCNCC(C)(CC)CN1CCCCC1C. The minimum atomic E-state index is 0.446. The Kier molecular flexibility index (Phi) is 5.77. The number of hydrogen-bond acceptors (Lipinski definition) is 2. The van der Waals surface area contributed by atoms with Crippen molar-refractivity contribution in [1.82, 2.24) is 10.2 Å². The third kappa shape index (κ3) is 4.06. The van der Waals surface area contributed by atoms with Crippen LogP contribution in [0.1, 0.15) is 53.4 Å². The highest BCUT2D eigenvalue weighted by Crippen LogP contribution is 2.26. The Morgan fingerprint density at radius 1 is 1.31 bits per heavy atom. The minimum absolute atomic E-state index is 0.446. The molecule has 2 atom stereocenters. The van der Waals surface area contributed by atoms with Crippen molar-refractivity contribution in [2.45, 2.75) is 59.4 Å². The van der Waals surface area contributed by atoms with Crippen LogP contribution in [0.15, 0.2) is 0 Å². The molecule has 0 spiro atoms. The maximum absolute atomic E-state index is 3.52. The lowest BCUT2D eigenvalue weighted by Gasteiger charge is -2.40. The largest absolute Gasteiger partial charge is 0.316 e. The summed E-state index contributed by atoms with van der Waals surface area (Å²) in [6.45, 7) is 14.2. The van der Waals surface area contributed by atoms with E-state index in [0.29, 0.717) is 5.41 Å². The summed E-state index contributed by atoms with van der Waals surface area (Å²) in [6, 6.07) is 0.793. The first-order valence-corrected chi connectivity index (χ1v) is 7.06. The molecule has 0 aromatic carbocycles. The van der Waals surface area contributed by atoms with Crippen LogP contribution in [-0.2, 0) is 0 Å².